The van der Waals surface area contributed by atoms with Crippen LogP contribution in [0, 0.1) is 0 Å². The van der Waals surface area contributed by atoms with Crippen molar-refractivity contribution in [1.82, 2.24) is 15.6 Å². The standard InChI is InChI=1S/C23H26N4O3S2/c1-16(31)24-14-8-7-12-19(26-23(29)30-15-17-9-3-2-4-10-17)21(28)27-22-25-18-11-5-6-13-20(18)32-22/h2-6,9-11,13,19H,7-8,12,14-15H2,1H3,(H,24,31)(H,26,29)(H,25,27,28)/t19-/m0/s1. The second-order valence-corrected chi connectivity index (χ2v) is 8.86. The molecule has 0 aliphatic carbocycles. The number of fused-ring (bicyclic) bond motifs is 1. The zero-order valence-electron chi connectivity index (χ0n) is 17.8. The number of aromatic nitrogens is 1. The Morgan fingerprint density at radius 2 is 1.84 bits per heavy atom. The molecule has 2 aromatic carbocycles. The SMILES string of the molecule is CC(=S)NCCCC[C@H](NC(=O)OCc1ccccc1)C(=O)Nc1nc2ccccc2s1. The highest BCUT2D eigenvalue weighted by Gasteiger charge is 2.22. The molecule has 0 unspecified atom stereocenters. The summed E-state index contributed by atoms with van der Waals surface area (Å²) in [7, 11) is 0. The molecular formula is C23H26N4O3S2. The molecule has 0 spiro atoms. The molecule has 0 fully saturated rings. The summed E-state index contributed by atoms with van der Waals surface area (Å²) in [6.07, 6.45) is 1.38. The summed E-state index contributed by atoms with van der Waals surface area (Å²) in [6.45, 7) is 2.69. The van der Waals surface area contributed by atoms with Gasteiger partial charge in [-0.1, -0.05) is 66.0 Å². The van der Waals surface area contributed by atoms with Crippen LogP contribution in [0.4, 0.5) is 9.93 Å². The molecule has 3 rings (SSSR count). The number of nitrogens with zero attached hydrogens (tertiary/aromatic N) is 1. The fourth-order valence-electron chi connectivity index (χ4n) is 3.03. The highest BCUT2D eigenvalue weighted by atomic mass is 32.1. The first-order valence-electron chi connectivity index (χ1n) is 10.4. The largest absolute Gasteiger partial charge is 0.445 e. The third kappa shape index (κ3) is 7.58. The van der Waals surface area contributed by atoms with Crippen molar-refractivity contribution in [2.24, 2.45) is 0 Å². The van der Waals surface area contributed by atoms with Crippen molar-refractivity contribution in [3.8, 4) is 0 Å². The molecule has 0 saturated carbocycles. The van der Waals surface area contributed by atoms with E-state index in [1.165, 1.54) is 11.3 Å². The highest BCUT2D eigenvalue weighted by molar-refractivity contribution is 7.80. The van der Waals surface area contributed by atoms with E-state index in [4.69, 9.17) is 17.0 Å². The minimum Gasteiger partial charge on any atom is -0.445 e. The van der Waals surface area contributed by atoms with E-state index >= 15 is 0 Å². The van der Waals surface area contributed by atoms with Crippen LogP contribution >= 0.6 is 23.6 Å². The Morgan fingerprint density at radius 3 is 2.59 bits per heavy atom. The lowest BCUT2D eigenvalue weighted by molar-refractivity contribution is -0.118. The van der Waals surface area contributed by atoms with Gasteiger partial charge in [-0.25, -0.2) is 9.78 Å². The Kier molecular flexibility index (Phi) is 8.94. The number of carbonyl (C=O) groups excluding carboxylic acids is 2. The van der Waals surface area contributed by atoms with E-state index in [1.807, 2.05) is 61.5 Å². The predicted octanol–water partition coefficient (Wildman–Crippen LogP) is 4.64. The van der Waals surface area contributed by atoms with Crippen molar-refractivity contribution in [2.75, 3.05) is 11.9 Å². The molecule has 0 radical (unpaired) electrons. The Hall–Kier alpha value is -3.04. The van der Waals surface area contributed by atoms with Crippen LogP contribution in [-0.4, -0.2) is 34.6 Å². The highest BCUT2D eigenvalue weighted by Crippen LogP contribution is 2.25. The summed E-state index contributed by atoms with van der Waals surface area (Å²) in [4.78, 5) is 30.4. The lowest BCUT2D eigenvalue weighted by Crippen LogP contribution is -2.44. The molecule has 168 valence electrons. The number of amides is 2. The lowest BCUT2D eigenvalue weighted by Gasteiger charge is -2.18. The fraction of sp³-hybridized carbons (Fsp3) is 0.304. The van der Waals surface area contributed by atoms with Gasteiger partial charge in [0.1, 0.15) is 12.6 Å². The van der Waals surface area contributed by atoms with Crippen LogP contribution in [0.3, 0.4) is 0 Å². The smallest absolute Gasteiger partial charge is 0.408 e. The van der Waals surface area contributed by atoms with Crippen LogP contribution in [0.5, 0.6) is 0 Å². The van der Waals surface area contributed by atoms with E-state index < -0.39 is 12.1 Å². The summed E-state index contributed by atoms with van der Waals surface area (Å²) in [5, 5.41) is 9.12. The molecule has 2 amide bonds. The molecule has 0 aliphatic heterocycles. The molecular weight excluding hydrogens is 444 g/mol. The number of anilines is 1. The number of rotatable bonds is 10. The van der Waals surface area contributed by atoms with Crippen LogP contribution in [-0.2, 0) is 16.1 Å². The number of ether oxygens (including phenoxy) is 1. The topological polar surface area (TPSA) is 92.4 Å². The van der Waals surface area contributed by atoms with Crippen LogP contribution in [0.25, 0.3) is 10.2 Å². The summed E-state index contributed by atoms with van der Waals surface area (Å²) < 4.78 is 6.28. The second kappa shape index (κ2) is 12.1. The van der Waals surface area contributed by atoms with E-state index in [9.17, 15) is 9.59 Å². The summed E-state index contributed by atoms with van der Waals surface area (Å²) in [5.74, 6) is -0.320. The normalized spacial score (nSPS) is 11.5. The summed E-state index contributed by atoms with van der Waals surface area (Å²) >= 11 is 6.40. The first-order chi connectivity index (χ1) is 15.5. The maximum absolute atomic E-state index is 12.9. The number of thiocarbonyl (C=S) groups is 1. The van der Waals surface area contributed by atoms with Crippen LogP contribution in [0.15, 0.2) is 54.6 Å². The molecule has 1 heterocycles. The average Bonchev–Trinajstić information content (AvgIpc) is 3.19. The zero-order chi connectivity index (χ0) is 22.8. The summed E-state index contributed by atoms with van der Waals surface area (Å²) in [6, 6.07) is 16.3. The van der Waals surface area contributed by atoms with Gasteiger partial charge >= 0.3 is 6.09 Å². The lowest BCUT2D eigenvalue weighted by atomic mass is 10.1. The minimum absolute atomic E-state index is 0.136. The first kappa shape index (κ1) is 23.6. The molecule has 7 nitrogen and oxygen atoms in total. The molecule has 9 heteroatoms. The third-order valence-corrected chi connectivity index (χ3v) is 5.74. The number of unbranched alkanes of at least 4 members (excludes halogenated alkanes) is 1. The monoisotopic (exact) mass is 470 g/mol. The molecule has 3 N–H and O–H groups in total. The van der Waals surface area contributed by atoms with Crippen molar-refractivity contribution in [2.45, 2.75) is 38.8 Å². The maximum Gasteiger partial charge on any atom is 0.408 e. The van der Waals surface area contributed by atoms with E-state index in [0.29, 0.717) is 11.6 Å². The third-order valence-electron chi connectivity index (χ3n) is 4.64. The zero-order valence-corrected chi connectivity index (χ0v) is 19.4. The van der Waals surface area contributed by atoms with E-state index in [0.717, 1.165) is 40.2 Å². The molecule has 32 heavy (non-hydrogen) atoms. The number of thiazole rings is 1. The van der Waals surface area contributed by atoms with Crippen molar-refractivity contribution in [1.29, 1.82) is 0 Å². The van der Waals surface area contributed by atoms with Gasteiger partial charge in [0.2, 0.25) is 5.91 Å². The van der Waals surface area contributed by atoms with Gasteiger partial charge in [0.15, 0.2) is 5.13 Å². The summed E-state index contributed by atoms with van der Waals surface area (Å²) in [5.41, 5.74) is 1.70. The van der Waals surface area contributed by atoms with Gasteiger partial charge in [0.25, 0.3) is 0 Å². The molecule has 0 saturated heterocycles. The quantitative estimate of drug-likeness (QED) is 0.295. The van der Waals surface area contributed by atoms with Crippen molar-refractivity contribution in [3.05, 3.63) is 60.2 Å². The first-order valence-corrected chi connectivity index (χ1v) is 11.6. The maximum atomic E-state index is 12.9. The van der Waals surface area contributed by atoms with E-state index in [2.05, 4.69) is 20.9 Å². The van der Waals surface area contributed by atoms with Gasteiger partial charge in [-0.3, -0.25) is 4.79 Å². The number of hydrogen-bond donors (Lipinski definition) is 3. The van der Waals surface area contributed by atoms with Crippen molar-refractivity contribution in [3.63, 3.8) is 0 Å². The van der Waals surface area contributed by atoms with Crippen LogP contribution in [0.2, 0.25) is 0 Å². The number of benzene rings is 2. The number of hydrogen-bond acceptors (Lipinski definition) is 6. The molecule has 1 atom stereocenters. The number of carbonyl (C=O) groups is 2. The average molecular weight is 471 g/mol. The van der Waals surface area contributed by atoms with Crippen molar-refractivity contribution < 1.29 is 14.3 Å². The van der Waals surface area contributed by atoms with Gasteiger partial charge in [-0.2, -0.15) is 0 Å². The van der Waals surface area contributed by atoms with Gasteiger partial charge in [-0.15, -0.1) is 0 Å². The number of alkyl carbamates (subject to hydrolysis) is 1. The van der Waals surface area contributed by atoms with E-state index in [-0.39, 0.29) is 12.5 Å². The molecule has 0 aliphatic rings. The number of nitrogens with one attached hydrogen (secondary N) is 3. The predicted molar refractivity (Wildman–Crippen MR) is 132 cm³/mol. The van der Waals surface area contributed by atoms with Crippen LogP contribution in [0.1, 0.15) is 31.7 Å². The number of para-hydroxylation sites is 1. The van der Waals surface area contributed by atoms with Gasteiger partial charge in [-0.05, 0) is 43.9 Å². The Morgan fingerprint density at radius 1 is 1.09 bits per heavy atom. The minimum atomic E-state index is -0.737. The van der Waals surface area contributed by atoms with Crippen molar-refractivity contribution >= 4 is 55.9 Å². The van der Waals surface area contributed by atoms with Gasteiger partial charge in [0, 0.05) is 6.54 Å². The second-order valence-electron chi connectivity index (χ2n) is 7.21. The Balaban J connectivity index is 1.58. The molecule has 0 bridgehead atoms. The Labute approximate surface area is 196 Å². The Bertz CT molecular complexity index is 1020. The van der Waals surface area contributed by atoms with E-state index in [1.54, 1.807) is 0 Å². The molecule has 1 aromatic heterocycles. The van der Waals surface area contributed by atoms with Gasteiger partial charge in [0.05, 0.1) is 15.2 Å². The van der Waals surface area contributed by atoms with Crippen LogP contribution < -0.4 is 16.0 Å². The van der Waals surface area contributed by atoms with Gasteiger partial charge < -0.3 is 20.7 Å². The fourth-order valence-corrected chi connectivity index (χ4v) is 4.00. The molecule has 3 aromatic rings.